The predicted octanol–water partition coefficient (Wildman–Crippen LogP) is 3.63. The third-order valence-electron chi connectivity index (χ3n) is 4.80. The van der Waals surface area contributed by atoms with Crippen molar-refractivity contribution in [3.05, 3.63) is 95.1 Å². The molecule has 0 saturated heterocycles. The van der Waals surface area contributed by atoms with Gasteiger partial charge in [0.25, 0.3) is 11.8 Å². The minimum absolute atomic E-state index is 0.125. The third kappa shape index (κ3) is 4.52. The van der Waals surface area contributed by atoms with Gasteiger partial charge in [0.05, 0.1) is 12.3 Å². The topological polar surface area (TPSA) is 108 Å². The van der Waals surface area contributed by atoms with Crippen LogP contribution < -0.4 is 16.0 Å². The Balaban J connectivity index is 1.45. The molecular weight excluding hydrogens is 394 g/mol. The highest BCUT2D eigenvalue weighted by molar-refractivity contribution is 6.35. The highest BCUT2D eigenvalue weighted by Gasteiger charge is 2.24. The van der Waals surface area contributed by atoms with Gasteiger partial charge in [0.1, 0.15) is 0 Å². The molecule has 4 rings (SSSR count). The molecule has 0 radical (unpaired) electrons. The van der Waals surface area contributed by atoms with Crippen molar-refractivity contribution in [1.82, 2.24) is 5.32 Å². The minimum atomic E-state index is -0.694. The SMILES string of the molecule is O=C(NC(=O)c1ccc(CO)cc1)Nc1ccc2c(c1)NC(=O)C2=Cc1ccccc1. The molecule has 0 bridgehead atoms. The number of benzene rings is 3. The van der Waals surface area contributed by atoms with E-state index < -0.39 is 11.9 Å². The molecule has 3 aromatic carbocycles. The summed E-state index contributed by atoms with van der Waals surface area (Å²) in [7, 11) is 0. The Morgan fingerprint density at radius 3 is 2.42 bits per heavy atom. The number of nitrogens with one attached hydrogen (secondary N) is 3. The van der Waals surface area contributed by atoms with Crippen LogP contribution >= 0.6 is 0 Å². The monoisotopic (exact) mass is 413 g/mol. The van der Waals surface area contributed by atoms with E-state index in [0.717, 1.165) is 11.1 Å². The Kier molecular flexibility index (Phi) is 5.59. The molecule has 0 aromatic heterocycles. The number of aliphatic hydroxyl groups is 1. The van der Waals surface area contributed by atoms with Gasteiger partial charge in [0, 0.05) is 22.4 Å². The fourth-order valence-corrected chi connectivity index (χ4v) is 3.23. The Morgan fingerprint density at radius 1 is 0.968 bits per heavy atom. The van der Waals surface area contributed by atoms with E-state index in [9.17, 15) is 14.4 Å². The Bertz CT molecular complexity index is 1190. The fraction of sp³-hybridized carbons (Fsp3) is 0.0417. The lowest BCUT2D eigenvalue weighted by molar-refractivity contribution is -0.110. The number of hydrogen-bond acceptors (Lipinski definition) is 4. The van der Waals surface area contributed by atoms with Gasteiger partial charge in [-0.15, -0.1) is 0 Å². The third-order valence-corrected chi connectivity index (χ3v) is 4.80. The molecule has 1 aliphatic rings. The Hall–Kier alpha value is -4.23. The summed E-state index contributed by atoms with van der Waals surface area (Å²) in [4.78, 5) is 36.8. The van der Waals surface area contributed by atoms with Gasteiger partial charge in [-0.25, -0.2) is 4.79 Å². The number of carbonyl (C=O) groups is 3. The number of fused-ring (bicyclic) bond motifs is 1. The van der Waals surface area contributed by atoms with Crippen molar-refractivity contribution in [1.29, 1.82) is 0 Å². The molecule has 0 unspecified atom stereocenters. The smallest absolute Gasteiger partial charge is 0.326 e. The Labute approximate surface area is 178 Å². The number of hydrogen-bond donors (Lipinski definition) is 4. The van der Waals surface area contributed by atoms with Crippen molar-refractivity contribution in [2.24, 2.45) is 0 Å². The van der Waals surface area contributed by atoms with Crippen LogP contribution in [0.2, 0.25) is 0 Å². The molecule has 31 heavy (non-hydrogen) atoms. The average Bonchev–Trinajstić information content (AvgIpc) is 3.08. The maximum Gasteiger partial charge on any atom is 0.326 e. The van der Waals surface area contributed by atoms with Crippen LogP contribution in [-0.4, -0.2) is 23.0 Å². The normalized spacial score (nSPS) is 13.5. The van der Waals surface area contributed by atoms with Crippen LogP contribution in [0, 0.1) is 0 Å². The average molecular weight is 413 g/mol. The molecule has 4 amide bonds. The largest absolute Gasteiger partial charge is 0.392 e. The number of imide groups is 1. The Morgan fingerprint density at radius 2 is 1.71 bits per heavy atom. The maximum absolute atomic E-state index is 12.4. The van der Waals surface area contributed by atoms with Crippen molar-refractivity contribution >= 4 is 40.9 Å². The maximum atomic E-state index is 12.4. The van der Waals surface area contributed by atoms with E-state index in [0.29, 0.717) is 28.1 Å². The summed E-state index contributed by atoms with van der Waals surface area (Å²) in [6, 6.07) is 20.1. The van der Waals surface area contributed by atoms with Gasteiger partial charge in [-0.05, 0) is 41.5 Å². The first-order chi connectivity index (χ1) is 15.0. The van der Waals surface area contributed by atoms with Crippen LogP contribution in [0.3, 0.4) is 0 Å². The highest BCUT2D eigenvalue weighted by Crippen LogP contribution is 2.35. The van der Waals surface area contributed by atoms with Crippen LogP contribution in [0.25, 0.3) is 11.6 Å². The van der Waals surface area contributed by atoms with E-state index in [4.69, 9.17) is 5.11 Å². The number of aliphatic hydroxyl groups excluding tert-OH is 1. The summed E-state index contributed by atoms with van der Waals surface area (Å²) in [5.41, 5.74) is 4.16. The zero-order valence-electron chi connectivity index (χ0n) is 16.4. The van der Waals surface area contributed by atoms with Gasteiger partial charge in [-0.3, -0.25) is 14.9 Å². The van der Waals surface area contributed by atoms with E-state index in [1.165, 1.54) is 12.1 Å². The summed E-state index contributed by atoms with van der Waals surface area (Å²) in [5, 5.41) is 16.7. The first-order valence-electron chi connectivity index (χ1n) is 9.58. The molecule has 1 heterocycles. The molecule has 0 atom stereocenters. The lowest BCUT2D eigenvalue weighted by Crippen LogP contribution is -2.34. The van der Waals surface area contributed by atoms with E-state index >= 15 is 0 Å². The van der Waals surface area contributed by atoms with Crippen LogP contribution in [0.5, 0.6) is 0 Å². The molecule has 7 heteroatoms. The van der Waals surface area contributed by atoms with E-state index in [2.05, 4.69) is 16.0 Å². The van der Waals surface area contributed by atoms with Gasteiger partial charge in [-0.2, -0.15) is 0 Å². The van der Waals surface area contributed by atoms with Gasteiger partial charge in [0.15, 0.2) is 0 Å². The molecule has 4 N–H and O–H groups in total. The molecule has 0 spiro atoms. The quantitative estimate of drug-likeness (QED) is 0.490. The van der Waals surface area contributed by atoms with Gasteiger partial charge in [-0.1, -0.05) is 48.5 Å². The standard InChI is InChI=1S/C24H19N3O4/c28-14-16-6-8-17(9-7-16)22(29)27-24(31)25-18-10-11-19-20(23(30)26-21(19)13-18)12-15-4-2-1-3-5-15/h1-13,28H,14H2,(H,26,30)(H2,25,27,29,31). The number of carbonyl (C=O) groups excluding carboxylic acids is 3. The van der Waals surface area contributed by atoms with Crippen LogP contribution in [0.1, 0.15) is 27.0 Å². The summed E-state index contributed by atoms with van der Waals surface area (Å²) in [6.45, 7) is -0.125. The zero-order valence-corrected chi connectivity index (χ0v) is 16.4. The molecule has 0 saturated carbocycles. The second-order valence-electron chi connectivity index (χ2n) is 6.95. The summed E-state index contributed by atoms with van der Waals surface area (Å²) < 4.78 is 0. The van der Waals surface area contributed by atoms with Crippen molar-refractivity contribution in [2.75, 3.05) is 10.6 Å². The number of anilines is 2. The molecule has 0 aliphatic carbocycles. The lowest BCUT2D eigenvalue weighted by Gasteiger charge is -2.08. The van der Waals surface area contributed by atoms with Crippen LogP contribution in [0.4, 0.5) is 16.2 Å². The van der Waals surface area contributed by atoms with Gasteiger partial charge < -0.3 is 15.7 Å². The second kappa shape index (κ2) is 8.64. The zero-order chi connectivity index (χ0) is 21.8. The van der Waals surface area contributed by atoms with Gasteiger partial charge >= 0.3 is 6.03 Å². The van der Waals surface area contributed by atoms with Crippen molar-refractivity contribution in [3.8, 4) is 0 Å². The molecular formula is C24H19N3O4. The lowest BCUT2D eigenvalue weighted by atomic mass is 10.0. The summed E-state index contributed by atoms with van der Waals surface area (Å²) in [6.07, 6.45) is 1.81. The molecule has 7 nitrogen and oxygen atoms in total. The molecule has 0 fully saturated rings. The fourth-order valence-electron chi connectivity index (χ4n) is 3.23. The van der Waals surface area contributed by atoms with Gasteiger partial charge in [0.2, 0.25) is 0 Å². The van der Waals surface area contributed by atoms with E-state index in [1.807, 2.05) is 36.4 Å². The number of urea groups is 1. The molecule has 1 aliphatic heterocycles. The molecule has 154 valence electrons. The van der Waals surface area contributed by atoms with Crippen LogP contribution in [-0.2, 0) is 11.4 Å². The molecule has 3 aromatic rings. The van der Waals surface area contributed by atoms with E-state index in [-0.39, 0.29) is 12.5 Å². The van der Waals surface area contributed by atoms with Crippen molar-refractivity contribution in [2.45, 2.75) is 6.61 Å². The number of amides is 4. The van der Waals surface area contributed by atoms with Crippen molar-refractivity contribution < 1.29 is 19.5 Å². The van der Waals surface area contributed by atoms with Crippen LogP contribution in [0.15, 0.2) is 72.8 Å². The second-order valence-corrected chi connectivity index (χ2v) is 6.95. The first kappa shape index (κ1) is 20.1. The predicted molar refractivity (Wildman–Crippen MR) is 118 cm³/mol. The van der Waals surface area contributed by atoms with Crippen molar-refractivity contribution in [3.63, 3.8) is 0 Å². The minimum Gasteiger partial charge on any atom is -0.392 e. The highest BCUT2D eigenvalue weighted by atomic mass is 16.3. The first-order valence-corrected chi connectivity index (χ1v) is 9.58. The van der Waals surface area contributed by atoms with E-state index in [1.54, 1.807) is 30.3 Å². The number of rotatable bonds is 4. The summed E-state index contributed by atoms with van der Waals surface area (Å²) >= 11 is 0. The summed E-state index contributed by atoms with van der Waals surface area (Å²) in [5.74, 6) is -0.786.